The summed E-state index contributed by atoms with van der Waals surface area (Å²) in [5.41, 5.74) is 4.50. The number of ether oxygens (including phenoxy) is 1. The van der Waals surface area contributed by atoms with Gasteiger partial charge < -0.3 is 15.4 Å². The number of nitrogens with one attached hydrogen (secondary N) is 2. The van der Waals surface area contributed by atoms with Gasteiger partial charge in [-0.15, -0.1) is 0 Å². The number of alkyl carbamates (subject to hydrolysis) is 1. The van der Waals surface area contributed by atoms with Crippen molar-refractivity contribution in [1.29, 1.82) is 0 Å². The van der Waals surface area contributed by atoms with Crippen LogP contribution in [0.2, 0.25) is 0 Å². The van der Waals surface area contributed by atoms with Crippen molar-refractivity contribution in [3.63, 3.8) is 0 Å². The van der Waals surface area contributed by atoms with Gasteiger partial charge in [-0.1, -0.05) is 84.9 Å². The molecule has 0 aliphatic carbocycles. The first-order valence-corrected chi connectivity index (χ1v) is 12.9. The van der Waals surface area contributed by atoms with Crippen LogP contribution in [0.5, 0.6) is 0 Å². The van der Waals surface area contributed by atoms with Crippen LogP contribution in [-0.4, -0.2) is 35.3 Å². The zero-order valence-corrected chi connectivity index (χ0v) is 21.6. The van der Waals surface area contributed by atoms with Crippen molar-refractivity contribution >= 4 is 29.5 Å². The van der Waals surface area contributed by atoms with Crippen LogP contribution in [-0.2, 0) is 22.7 Å². The Bertz CT molecular complexity index is 1520. The minimum Gasteiger partial charge on any atom is -0.445 e. The van der Waals surface area contributed by atoms with Crippen molar-refractivity contribution in [3.8, 4) is 11.1 Å². The van der Waals surface area contributed by atoms with Crippen molar-refractivity contribution in [3.05, 3.63) is 125 Å². The van der Waals surface area contributed by atoms with E-state index in [1.165, 1.54) is 4.90 Å². The number of rotatable bonds is 9. The molecule has 40 heavy (non-hydrogen) atoms. The number of carbonyl (C=O) groups excluding carboxylic acids is 4. The summed E-state index contributed by atoms with van der Waals surface area (Å²) in [6, 6.07) is 31.2. The Kier molecular flexibility index (Phi) is 7.97. The van der Waals surface area contributed by atoms with Gasteiger partial charge in [0, 0.05) is 18.7 Å². The quantitative estimate of drug-likeness (QED) is 0.280. The van der Waals surface area contributed by atoms with Gasteiger partial charge in [0.1, 0.15) is 6.61 Å². The molecule has 0 spiro atoms. The molecule has 8 heteroatoms. The van der Waals surface area contributed by atoms with E-state index in [9.17, 15) is 19.2 Å². The zero-order chi connectivity index (χ0) is 27.9. The fourth-order valence-corrected chi connectivity index (χ4v) is 4.46. The first-order chi connectivity index (χ1) is 19.5. The smallest absolute Gasteiger partial charge is 0.407 e. The van der Waals surface area contributed by atoms with E-state index in [-0.39, 0.29) is 43.8 Å². The summed E-state index contributed by atoms with van der Waals surface area (Å²) in [7, 11) is 0. The number of hydrogen-bond donors (Lipinski definition) is 2. The fourth-order valence-electron chi connectivity index (χ4n) is 4.46. The number of hydrogen-bond acceptors (Lipinski definition) is 5. The van der Waals surface area contributed by atoms with Gasteiger partial charge in [0.2, 0.25) is 5.91 Å². The molecule has 0 aromatic heterocycles. The second-order valence-corrected chi connectivity index (χ2v) is 9.27. The van der Waals surface area contributed by atoms with Crippen molar-refractivity contribution in [2.75, 3.05) is 11.9 Å². The predicted molar refractivity (Wildman–Crippen MR) is 150 cm³/mol. The van der Waals surface area contributed by atoms with Gasteiger partial charge in [0.25, 0.3) is 11.8 Å². The van der Waals surface area contributed by atoms with E-state index in [4.69, 9.17) is 4.74 Å². The van der Waals surface area contributed by atoms with Gasteiger partial charge in [0.15, 0.2) is 0 Å². The molecule has 1 aliphatic heterocycles. The maximum atomic E-state index is 12.9. The Balaban J connectivity index is 1.26. The zero-order valence-electron chi connectivity index (χ0n) is 21.6. The molecule has 1 heterocycles. The highest BCUT2D eigenvalue weighted by molar-refractivity contribution is 6.21. The Morgan fingerprint density at radius 1 is 0.725 bits per heavy atom. The van der Waals surface area contributed by atoms with E-state index in [0.717, 1.165) is 16.7 Å². The molecular formula is C32H27N3O5. The standard InChI is InChI=1S/C32H27N3O5/c36-29(17-18-33-32(39)40-21-22-9-3-1-4-10-22)34-28-19-24(23-11-5-2-6-12-23)15-16-25(28)20-35-30(37)26-13-7-8-14-27(26)31(35)38/h1-16,19H,17-18,20-21H2,(H,33,39)(H,34,36). The van der Waals surface area contributed by atoms with Crippen LogP contribution < -0.4 is 10.6 Å². The Morgan fingerprint density at radius 2 is 1.35 bits per heavy atom. The molecule has 0 atom stereocenters. The van der Waals surface area contributed by atoms with Gasteiger partial charge in [0.05, 0.1) is 17.7 Å². The number of anilines is 1. The van der Waals surface area contributed by atoms with Gasteiger partial charge in [-0.2, -0.15) is 0 Å². The van der Waals surface area contributed by atoms with E-state index in [1.54, 1.807) is 30.3 Å². The molecule has 0 saturated heterocycles. The van der Waals surface area contributed by atoms with Gasteiger partial charge >= 0.3 is 6.09 Å². The van der Waals surface area contributed by atoms with E-state index in [0.29, 0.717) is 22.4 Å². The third-order valence-electron chi connectivity index (χ3n) is 6.53. The molecule has 8 nitrogen and oxygen atoms in total. The summed E-state index contributed by atoms with van der Waals surface area (Å²) in [5, 5.41) is 5.48. The summed E-state index contributed by atoms with van der Waals surface area (Å²) in [5.74, 6) is -1.08. The third kappa shape index (κ3) is 6.07. The van der Waals surface area contributed by atoms with E-state index in [1.807, 2.05) is 72.8 Å². The molecule has 0 bridgehead atoms. The molecule has 4 amide bonds. The largest absolute Gasteiger partial charge is 0.445 e. The number of imide groups is 1. The number of carbonyl (C=O) groups is 4. The topological polar surface area (TPSA) is 105 Å². The van der Waals surface area contributed by atoms with Crippen LogP contribution in [0.4, 0.5) is 10.5 Å². The van der Waals surface area contributed by atoms with Crippen molar-refractivity contribution in [2.24, 2.45) is 0 Å². The number of benzene rings is 4. The molecule has 0 unspecified atom stereocenters. The molecule has 2 N–H and O–H groups in total. The van der Waals surface area contributed by atoms with Crippen molar-refractivity contribution < 1.29 is 23.9 Å². The second-order valence-electron chi connectivity index (χ2n) is 9.27. The molecular weight excluding hydrogens is 506 g/mol. The van der Waals surface area contributed by atoms with Gasteiger partial charge in [-0.25, -0.2) is 4.79 Å². The lowest BCUT2D eigenvalue weighted by Gasteiger charge is -2.18. The van der Waals surface area contributed by atoms with Crippen LogP contribution in [0.1, 0.15) is 38.3 Å². The van der Waals surface area contributed by atoms with Crippen LogP contribution in [0.25, 0.3) is 11.1 Å². The first kappa shape index (κ1) is 26.4. The summed E-state index contributed by atoms with van der Waals surface area (Å²) in [4.78, 5) is 52.0. The minimum atomic E-state index is -0.617. The summed E-state index contributed by atoms with van der Waals surface area (Å²) < 4.78 is 5.18. The molecule has 4 aromatic carbocycles. The molecule has 1 aliphatic rings. The highest BCUT2D eigenvalue weighted by Crippen LogP contribution is 2.30. The van der Waals surface area contributed by atoms with Crippen molar-refractivity contribution in [1.82, 2.24) is 10.2 Å². The third-order valence-corrected chi connectivity index (χ3v) is 6.53. The molecule has 4 aromatic rings. The Morgan fingerprint density at radius 3 is 2.02 bits per heavy atom. The van der Waals surface area contributed by atoms with Gasteiger partial charge in [-0.05, 0) is 40.5 Å². The van der Waals surface area contributed by atoms with Gasteiger partial charge in [-0.3, -0.25) is 19.3 Å². The van der Waals surface area contributed by atoms with Crippen LogP contribution in [0, 0.1) is 0 Å². The second kappa shape index (κ2) is 12.1. The SMILES string of the molecule is O=C(CCNC(=O)OCc1ccccc1)Nc1cc(-c2ccccc2)ccc1CN1C(=O)c2ccccc2C1=O. The summed E-state index contributed by atoms with van der Waals surface area (Å²) >= 11 is 0. The Hall–Kier alpha value is -5.24. The number of amides is 4. The minimum absolute atomic E-state index is 0.00108. The summed E-state index contributed by atoms with van der Waals surface area (Å²) in [6.45, 7) is 0.207. The monoisotopic (exact) mass is 533 g/mol. The lowest BCUT2D eigenvalue weighted by molar-refractivity contribution is -0.116. The summed E-state index contributed by atoms with van der Waals surface area (Å²) in [6.07, 6.45) is -0.614. The molecule has 0 fully saturated rings. The highest BCUT2D eigenvalue weighted by atomic mass is 16.5. The Labute approximate surface area is 231 Å². The number of nitrogens with zero attached hydrogens (tertiary/aromatic N) is 1. The van der Waals surface area contributed by atoms with E-state index in [2.05, 4.69) is 10.6 Å². The molecule has 5 rings (SSSR count). The predicted octanol–water partition coefficient (Wildman–Crippen LogP) is 5.40. The average Bonchev–Trinajstić information content (AvgIpc) is 3.22. The van der Waals surface area contributed by atoms with Crippen LogP contribution in [0.3, 0.4) is 0 Å². The van der Waals surface area contributed by atoms with Crippen LogP contribution in [0.15, 0.2) is 103 Å². The lowest BCUT2D eigenvalue weighted by Crippen LogP contribution is -2.30. The fraction of sp³-hybridized carbons (Fsp3) is 0.125. The number of fused-ring (bicyclic) bond motifs is 1. The normalized spacial score (nSPS) is 12.2. The average molecular weight is 534 g/mol. The van der Waals surface area contributed by atoms with Crippen LogP contribution >= 0.6 is 0 Å². The molecule has 0 saturated carbocycles. The highest BCUT2D eigenvalue weighted by Gasteiger charge is 2.35. The molecule has 200 valence electrons. The van der Waals surface area contributed by atoms with E-state index >= 15 is 0 Å². The lowest BCUT2D eigenvalue weighted by atomic mass is 10.0. The van der Waals surface area contributed by atoms with E-state index < -0.39 is 6.09 Å². The maximum absolute atomic E-state index is 12.9. The van der Waals surface area contributed by atoms with Crippen molar-refractivity contribution in [2.45, 2.75) is 19.6 Å². The molecule has 0 radical (unpaired) electrons. The first-order valence-electron chi connectivity index (χ1n) is 12.9. The maximum Gasteiger partial charge on any atom is 0.407 e.